The van der Waals surface area contributed by atoms with Crippen molar-refractivity contribution in [2.45, 2.75) is 19.3 Å². The fourth-order valence-electron chi connectivity index (χ4n) is 7.19. The van der Waals surface area contributed by atoms with Crippen LogP contribution in [0.5, 0.6) is 0 Å². The molecule has 1 aliphatic heterocycles. The third-order valence-corrected chi connectivity index (χ3v) is 9.15. The first kappa shape index (κ1) is 22.6. The summed E-state index contributed by atoms with van der Waals surface area (Å²) < 4.78 is 4.75. The molecular formula is C38H27N3. The molecule has 0 spiro atoms. The first-order chi connectivity index (χ1) is 20.1. The molecule has 0 N–H and O–H groups in total. The monoisotopic (exact) mass is 525 g/mol. The van der Waals surface area contributed by atoms with Gasteiger partial charge in [0.05, 0.1) is 22.1 Å². The second-order valence-electron chi connectivity index (χ2n) is 11.7. The van der Waals surface area contributed by atoms with Crippen LogP contribution in [0.4, 0.5) is 0 Å². The zero-order valence-corrected chi connectivity index (χ0v) is 23.0. The van der Waals surface area contributed by atoms with Gasteiger partial charge in [-0.3, -0.25) is 4.57 Å². The Hall–Kier alpha value is -5.15. The van der Waals surface area contributed by atoms with Crippen molar-refractivity contribution in [1.29, 1.82) is 0 Å². The Morgan fingerprint density at radius 3 is 1.95 bits per heavy atom. The van der Waals surface area contributed by atoms with Crippen LogP contribution in [0.15, 0.2) is 128 Å². The molecule has 5 aromatic carbocycles. The summed E-state index contributed by atoms with van der Waals surface area (Å²) >= 11 is 0. The summed E-state index contributed by atoms with van der Waals surface area (Å²) in [4.78, 5) is 4.89. The van der Waals surface area contributed by atoms with Crippen molar-refractivity contribution in [1.82, 2.24) is 14.1 Å². The van der Waals surface area contributed by atoms with E-state index in [1.54, 1.807) is 0 Å². The van der Waals surface area contributed by atoms with Crippen molar-refractivity contribution in [3.63, 3.8) is 0 Å². The van der Waals surface area contributed by atoms with Crippen molar-refractivity contribution >= 4 is 43.6 Å². The Kier molecular flexibility index (Phi) is 4.39. The van der Waals surface area contributed by atoms with Gasteiger partial charge >= 0.3 is 0 Å². The van der Waals surface area contributed by atoms with E-state index in [1.165, 1.54) is 71.6 Å². The number of para-hydroxylation sites is 3. The first-order valence-electron chi connectivity index (χ1n) is 14.2. The number of nitrogens with zero attached hydrogens (tertiary/aromatic N) is 3. The molecule has 0 saturated heterocycles. The standard InChI is InChI=1S/C38H27N3/c1-38(2)31-14-8-13-28-30-23-25(18-20-35(30)41(36(28)31)37-32(38)15-9-21-39-37)24-17-19-34-29(22-24)27-12-6-7-16-33(27)40(34)26-10-4-3-5-11-26/h3-23H,1-2H3. The van der Waals surface area contributed by atoms with E-state index < -0.39 is 0 Å². The minimum absolute atomic E-state index is 0.117. The quantitative estimate of drug-likeness (QED) is 0.220. The Morgan fingerprint density at radius 2 is 1.15 bits per heavy atom. The van der Waals surface area contributed by atoms with Crippen molar-refractivity contribution in [3.8, 4) is 22.6 Å². The van der Waals surface area contributed by atoms with Gasteiger partial charge in [-0.1, -0.05) is 86.6 Å². The van der Waals surface area contributed by atoms with Gasteiger partial charge in [0.25, 0.3) is 0 Å². The Morgan fingerprint density at radius 1 is 0.512 bits per heavy atom. The second-order valence-corrected chi connectivity index (χ2v) is 11.7. The number of rotatable bonds is 2. The van der Waals surface area contributed by atoms with E-state index in [1.807, 2.05) is 6.20 Å². The van der Waals surface area contributed by atoms with E-state index in [0.717, 1.165) is 5.82 Å². The molecule has 4 heterocycles. The van der Waals surface area contributed by atoms with Crippen LogP contribution in [-0.4, -0.2) is 14.1 Å². The molecule has 0 radical (unpaired) electrons. The molecule has 0 atom stereocenters. The van der Waals surface area contributed by atoms with Crippen LogP contribution in [0.3, 0.4) is 0 Å². The van der Waals surface area contributed by atoms with Crippen LogP contribution >= 0.6 is 0 Å². The van der Waals surface area contributed by atoms with E-state index in [9.17, 15) is 0 Å². The van der Waals surface area contributed by atoms with Gasteiger partial charge in [-0.25, -0.2) is 4.98 Å². The van der Waals surface area contributed by atoms with Crippen LogP contribution in [0.1, 0.15) is 25.0 Å². The highest BCUT2D eigenvalue weighted by Gasteiger charge is 2.35. The molecule has 0 bridgehead atoms. The molecule has 41 heavy (non-hydrogen) atoms. The molecule has 0 fully saturated rings. The third-order valence-electron chi connectivity index (χ3n) is 9.15. The second kappa shape index (κ2) is 7.96. The molecule has 0 aliphatic carbocycles. The summed E-state index contributed by atoms with van der Waals surface area (Å²) in [6.07, 6.45) is 1.91. The minimum Gasteiger partial charge on any atom is -0.309 e. The number of pyridine rings is 1. The lowest BCUT2D eigenvalue weighted by Gasteiger charge is -2.33. The Labute approximate surface area is 237 Å². The molecule has 0 unspecified atom stereocenters. The van der Waals surface area contributed by atoms with Gasteiger partial charge in [-0.05, 0) is 65.2 Å². The van der Waals surface area contributed by atoms with Crippen LogP contribution in [0.2, 0.25) is 0 Å². The van der Waals surface area contributed by atoms with Gasteiger partial charge in [0.15, 0.2) is 0 Å². The largest absolute Gasteiger partial charge is 0.309 e. The summed E-state index contributed by atoms with van der Waals surface area (Å²) in [6.45, 7) is 4.63. The summed E-state index contributed by atoms with van der Waals surface area (Å²) in [5, 5.41) is 5.09. The fraction of sp³-hybridized carbons (Fsp3) is 0.0789. The molecule has 3 aromatic heterocycles. The van der Waals surface area contributed by atoms with E-state index in [4.69, 9.17) is 4.98 Å². The molecule has 1 aliphatic rings. The van der Waals surface area contributed by atoms with Gasteiger partial charge in [0, 0.05) is 44.4 Å². The molecule has 0 saturated carbocycles. The van der Waals surface area contributed by atoms with E-state index in [2.05, 4.69) is 144 Å². The summed E-state index contributed by atoms with van der Waals surface area (Å²) in [6, 6.07) is 44.2. The van der Waals surface area contributed by atoms with Crippen molar-refractivity contribution in [2.75, 3.05) is 0 Å². The normalized spacial score (nSPS) is 13.8. The topological polar surface area (TPSA) is 22.8 Å². The summed E-state index contributed by atoms with van der Waals surface area (Å²) in [7, 11) is 0. The highest BCUT2D eigenvalue weighted by molar-refractivity contribution is 6.13. The Balaban J connectivity index is 1.30. The zero-order valence-electron chi connectivity index (χ0n) is 23.0. The highest BCUT2D eigenvalue weighted by atomic mass is 15.1. The van der Waals surface area contributed by atoms with Crippen molar-refractivity contribution in [2.24, 2.45) is 0 Å². The van der Waals surface area contributed by atoms with Gasteiger partial charge in [0.1, 0.15) is 5.82 Å². The smallest absolute Gasteiger partial charge is 0.141 e. The Bertz CT molecular complexity index is 2330. The van der Waals surface area contributed by atoms with Gasteiger partial charge in [-0.15, -0.1) is 0 Å². The van der Waals surface area contributed by atoms with Crippen molar-refractivity contribution in [3.05, 3.63) is 139 Å². The number of fused-ring (bicyclic) bond motifs is 8. The number of benzene rings is 5. The SMILES string of the molecule is CC1(C)c2cccnc2-n2c3ccc(-c4ccc5c(c4)c4ccccc4n5-c4ccccc4)cc3c3cccc1c32. The molecule has 8 aromatic rings. The third kappa shape index (κ3) is 2.95. The van der Waals surface area contributed by atoms with E-state index in [-0.39, 0.29) is 5.41 Å². The van der Waals surface area contributed by atoms with Gasteiger partial charge in [0.2, 0.25) is 0 Å². The summed E-state index contributed by atoms with van der Waals surface area (Å²) in [5.74, 6) is 1.04. The maximum Gasteiger partial charge on any atom is 0.141 e. The van der Waals surface area contributed by atoms with Crippen molar-refractivity contribution < 1.29 is 0 Å². The predicted molar refractivity (Wildman–Crippen MR) is 170 cm³/mol. The highest BCUT2D eigenvalue weighted by Crippen LogP contribution is 2.47. The average molecular weight is 526 g/mol. The molecule has 0 amide bonds. The molecule has 194 valence electrons. The molecule has 3 heteroatoms. The van der Waals surface area contributed by atoms with Crippen LogP contribution in [0.25, 0.3) is 66.2 Å². The fourth-order valence-corrected chi connectivity index (χ4v) is 7.19. The molecule has 3 nitrogen and oxygen atoms in total. The number of hydrogen-bond acceptors (Lipinski definition) is 1. The first-order valence-corrected chi connectivity index (χ1v) is 14.2. The predicted octanol–water partition coefficient (Wildman–Crippen LogP) is 9.58. The number of aromatic nitrogens is 3. The number of hydrogen-bond donors (Lipinski definition) is 0. The molecule has 9 rings (SSSR count). The lowest BCUT2D eigenvalue weighted by atomic mass is 9.76. The van der Waals surface area contributed by atoms with Gasteiger partial charge < -0.3 is 4.57 Å². The summed E-state index contributed by atoms with van der Waals surface area (Å²) in [5.41, 5.74) is 11.0. The maximum absolute atomic E-state index is 4.89. The van der Waals surface area contributed by atoms with Gasteiger partial charge in [-0.2, -0.15) is 0 Å². The molecular weight excluding hydrogens is 498 g/mol. The van der Waals surface area contributed by atoms with E-state index in [0.29, 0.717) is 0 Å². The van der Waals surface area contributed by atoms with E-state index >= 15 is 0 Å². The van der Waals surface area contributed by atoms with Crippen LogP contribution in [0, 0.1) is 0 Å². The lowest BCUT2D eigenvalue weighted by Crippen LogP contribution is -2.26. The lowest BCUT2D eigenvalue weighted by molar-refractivity contribution is 0.624. The average Bonchev–Trinajstić information content (AvgIpc) is 3.53. The zero-order chi connectivity index (χ0) is 27.3. The van der Waals surface area contributed by atoms with Crippen LogP contribution in [-0.2, 0) is 5.41 Å². The minimum atomic E-state index is -0.117. The maximum atomic E-state index is 4.89. The van der Waals surface area contributed by atoms with Crippen LogP contribution < -0.4 is 0 Å².